The minimum Gasteiger partial charge on any atom is -0.352 e. The number of hydrogen-bond acceptors (Lipinski definition) is 5. The second kappa shape index (κ2) is 5.01. The molecule has 1 fully saturated rings. The molecule has 0 amide bonds. The van der Waals surface area contributed by atoms with E-state index in [1.807, 2.05) is 0 Å². The van der Waals surface area contributed by atoms with Crippen LogP contribution in [0.15, 0.2) is 22.9 Å². The lowest BCUT2D eigenvalue weighted by atomic mass is 10.2. The Morgan fingerprint density at radius 1 is 1.33 bits per heavy atom. The van der Waals surface area contributed by atoms with Crippen LogP contribution in [0.1, 0.15) is 36.0 Å². The molecule has 0 spiro atoms. The molecule has 0 aromatic carbocycles. The quantitative estimate of drug-likeness (QED) is 0.868. The average molecular weight is 298 g/mol. The molecule has 0 aliphatic heterocycles. The van der Waals surface area contributed by atoms with Gasteiger partial charge in [0.25, 0.3) is 0 Å². The van der Waals surface area contributed by atoms with E-state index in [1.54, 1.807) is 11.9 Å². The van der Waals surface area contributed by atoms with E-state index < -0.39 is 11.7 Å². The molecule has 0 unspecified atom stereocenters. The Bertz CT molecular complexity index is 619. The van der Waals surface area contributed by atoms with Crippen LogP contribution in [-0.4, -0.2) is 22.2 Å². The predicted octanol–water partition coefficient (Wildman–Crippen LogP) is 3.00. The van der Waals surface area contributed by atoms with Gasteiger partial charge in [-0.15, -0.1) is 0 Å². The monoisotopic (exact) mass is 298 g/mol. The molecule has 3 rings (SSSR count). The van der Waals surface area contributed by atoms with Gasteiger partial charge in [0.1, 0.15) is 5.82 Å². The maximum atomic E-state index is 12.5. The third-order valence-corrected chi connectivity index (χ3v) is 3.26. The lowest BCUT2D eigenvalue weighted by molar-refractivity contribution is -0.137. The lowest BCUT2D eigenvalue weighted by Crippen LogP contribution is -2.19. The number of anilines is 1. The van der Waals surface area contributed by atoms with E-state index in [-0.39, 0.29) is 0 Å². The van der Waals surface area contributed by atoms with Gasteiger partial charge < -0.3 is 9.42 Å². The highest BCUT2D eigenvalue weighted by Gasteiger charge is 2.31. The molecule has 2 heterocycles. The standard InChI is InChI=1S/C13H13F3N4O/c1-20(7-10-18-12(21-19-10)8-2-3-8)11-5-4-9(6-17-11)13(14,15)16/h4-6,8H,2-3,7H2,1H3. The number of alkyl halides is 3. The van der Waals surface area contributed by atoms with Crippen molar-refractivity contribution in [2.24, 2.45) is 0 Å². The summed E-state index contributed by atoms with van der Waals surface area (Å²) in [5.41, 5.74) is -0.768. The van der Waals surface area contributed by atoms with Crippen LogP contribution in [0.3, 0.4) is 0 Å². The predicted molar refractivity (Wildman–Crippen MR) is 67.6 cm³/mol. The van der Waals surface area contributed by atoms with Crippen LogP contribution >= 0.6 is 0 Å². The molecule has 0 N–H and O–H groups in total. The largest absolute Gasteiger partial charge is 0.417 e. The molecular formula is C13H13F3N4O. The molecule has 2 aromatic heterocycles. The van der Waals surface area contributed by atoms with E-state index in [2.05, 4.69) is 15.1 Å². The highest BCUT2D eigenvalue weighted by Crippen LogP contribution is 2.38. The topological polar surface area (TPSA) is 55.1 Å². The number of nitrogens with zero attached hydrogens (tertiary/aromatic N) is 4. The smallest absolute Gasteiger partial charge is 0.352 e. The molecule has 0 radical (unpaired) electrons. The average Bonchev–Trinajstić information content (AvgIpc) is 3.19. The van der Waals surface area contributed by atoms with Gasteiger partial charge in [-0.1, -0.05) is 5.16 Å². The van der Waals surface area contributed by atoms with Gasteiger partial charge in [-0.05, 0) is 25.0 Å². The highest BCUT2D eigenvalue weighted by atomic mass is 19.4. The van der Waals surface area contributed by atoms with Crippen molar-refractivity contribution in [1.82, 2.24) is 15.1 Å². The molecular weight excluding hydrogens is 285 g/mol. The van der Waals surface area contributed by atoms with Gasteiger partial charge in [-0.3, -0.25) is 0 Å². The van der Waals surface area contributed by atoms with Crippen LogP contribution in [0.5, 0.6) is 0 Å². The highest BCUT2D eigenvalue weighted by molar-refractivity contribution is 5.38. The van der Waals surface area contributed by atoms with Crippen molar-refractivity contribution in [2.75, 3.05) is 11.9 Å². The maximum Gasteiger partial charge on any atom is 0.417 e. The van der Waals surface area contributed by atoms with Crippen molar-refractivity contribution in [3.8, 4) is 0 Å². The summed E-state index contributed by atoms with van der Waals surface area (Å²) in [5, 5.41) is 3.86. The Morgan fingerprint density at radius 3 is 2.67 bits per heavy atom. The Morgan fingerprint density at radius 2 is 2.10 bits per heavy atom. The zero-order chi connectivity index (χ0) is 15.0. The van der Waals surface area contributed by atoms with Gasteiger partial charge in [0, 0.05) is 19.2 Å². The minimum absolute atomic E-state index is 0.328. The van der Waals surface area contributed by atoms with Gasteiger partial charge in [-0.2, -0.15) is 18.2 Å². The number of rotatable bonds is 4. The van der Waals surface area contributed by atoms with Crippen molar-refractivity contribution in [2.45, 2.75) is 31.5 Å². The molecule has 0 saturated heterocycles. The molecule has 1 aliphatic carbocycles. The van der Waals surface area contributed by atoms with E-state index in [4.69, 9.17) is 4.52 Å². The van der Waals surface area contributed by atoms with Gasteiger partial charge in [0.2, 0.25) is 5.89 Å². The Balaban J connectivity index is 1.67. The van der Waals surface area contributed by atoms with E-state index in [0.717, 1.165) is 25.1 Å². The Labute approximate surface area is 118 Å². The number of aromatic nitrogens is 3. The van der Waals surface area contributed by atoms with Crippen LogP contribution in [0.4, 0.5) is 19.0 Å². The van der Waals surface area contributed by atoms with Gasteiger partial charge >= 0.3 is 6.18 Å². The molecule has 21 heavy (non-hydrogen) atoms. The number of pyridine rings is 1. The molecule has 2 aromatic rings. The first-order chi connectivity index (χ1) is 9.93. The third kappa shape index (κ3) is 3.14. The first kappa shape index (κ1) is 13.8. The summed E-state index contributed by atoms with van der Waals surface area (Å²) in [7, 11) is 1.71. The summed E-state index contributed by atoms with van der Waals surface area (Å²) in [5.74, 6) is 1.93. The van der Waals surface area contributed by atoms with Crippen molar-refractivity contribution in [3.05, 3.63) is 35.6 Å². The molecule has 1 saturated carbocycles. The van der Waals surface area contributed by atoms with Crippen LogP contribution in [0, 0.1) is 0 Å². The van der Waals surface area contributed by atoms with Crippen molar-refractivity contribution in [3.63, 3.8) is 0 Å². The van der Waals surface area contributed by atoms with E-state index in [1.165, 1.54) is 6.07 Å². The number of halogens is 3. The second-order valence-corrected chi connectivity index (χ2v) is 5.08. The SMILES string of the molecule is CN(Cc1noc(C2CC2)n1)c1ccc(C(F)(F)F)cn1. The summed E-state index contributed by atoms with van der Waals surface area (Å²) in [6.07, 6.45) is -1.43. The van der Waals surface area contributed by atoms with Gasteiger partial charge in [-0.25, -0.2) is 4.98 Å². The van der Waals surface area contributed by atoms with E-state index in [0.29, 0.717) is 30.0 Å². The van der Waals surface area contributed by atoms with Crippen LogP contribution in [0.25, 0.3) is 0 Å². The van der Waals surface area contributed by atoms with Gasteiger partial charge in [0.15, 0.2) is 5.82 Å². The molecule has 5 nitrogen and oxygen atoms in total. The molecule has 112 valence electrons. The normalized spacial score (nSPS) is 15.2. The lowest BCUT2D eigenvalue weighted by Gasteiger charge is -2.16. The van der Waals surface area contributed by atoms with Crippen molar-refractivity contribution >= 4 is 5.82 Å². The maximum absolute atomic E-state index is 12.5. The Kier molecular flexibility index (Phi) is 3.30. The van der Waals surface area contributed by atoms with E-state index in [9.17, 15) is 13.2 Å². The molecule has 0 bridgehead atoms. The summed E-state index contributed by atoms with van der Waals surface area (Å²) in [6, 6.07) is 2.33. The minimum atomic E-state index is -4.38. The van der Waals surface area contributed by atoms with Crippen LogP contribution in [0.2, 0.25) is 0 Å². The molecule has 8 heteroatoms. The first-order valence-electron chi connectivity index (χ1n) is 6.50. The number of hydrogen-bond donors (Lipinski definition) is 0. The van der Waals surface area contributed by atoms with Crippen LogP contribution in [-0.2, 0) is 12.7 Å². The first-order valence-corrected chi connectivity index (χ1v) is 6.50. The van der Waals surface area contributed by atoms with Crippen molar-refractivity contribution < 1.29 is 17.7 Å². The summed E-state index contributed by atoms with van der Waals surface area (Å²) >= 11 is 0. The van der Waals surface area contributed by atoms with E-state index >= 15 is 0 Å². The Hall–Kier alpha value is -2.12. The fourth-order valence-electron chi connectivity index (χ4n) is 1.90. The fraction of sp³-hybridized carbons (Fsp3) is 0.462. The zero-order valence-electron chi connectivity index (χ0n) is 11.3. The summed E-state index contributed by atoms with van der Waals surface area (Å²) in [6.45, 7) is 0.328. The summed E-state index contributed by atoms with van der Waals surface area (Å²) < 4.78 is 42.5. The van der Waals surface area contributed by atoms with Crippen molar-refractivity contribution in [1.29, 1.82) is 0 Å². The van der Waals surface area contributed by atoms with Crippen LogP contribution < -0.4 is 4.90 Å². The second-order valence-electron chi connectivity index (χ2n) is 5.08. The molecule has 0 atom stereocenters. The fourth-order valence-corrected chi connectivity index (χ4v) is 1.90. The zero-order valence-corrected chi connectivity index (χ0v) is 11.3. The molecule has 1 aliphatic rings. The summed E-state index contributed by atoms with van der Waals surface area (Å²) in [4.78, 5) is 9.75. The van der Waals surface area contributed by atoms with Gasteiger partial charge in [0.05, 0.1) is 12.1 Å². The third-order valence-electron chi connectivity index (χ3n) is 3.26.